The summed E-state index contributed by atoms with van der Waals surface area (Å²) in [5.74, 6) is -1.17. The molecule has 0 saturated carbocycles. The number of carboxylic acid groups (broad SMARTS) is 1. The minimum Gasteiger partial charge on any atom is -0.477 e. The smallest absolute Gasteiger partial charge is 0.352 e. The first-order valence-corrected chi connectivity index (χ1v) is 7.36. The van der Waals surface area contributed by atoms with Gasteiger partial charge in [0.15, 0.2) is 0 Å². The summed E-state index contributed by atoms with van der Waals surface area (Å²) in [5, 5.41) is 17.7. The quantitative estimate of drug-likeness (QED) is 0.667. The molecule has 1 unspecified atom stereocenters. The maximum Gasteiger partial charge on any atom is 0.352 e. The minimum absolute atomic E-state index is 0.0716. The zero-order chi connectivity index (χ0) is 14.6. The van der Waals surface area contributed by atoms with Crippen LogP contribution in [0.2, 0.25) is 0 Å². The van der Waals surface area contributed by atoms with Crippen LogP contribution in [-0.2, 0) is 16.6 Å². The third kappa shape index (κ3) is 3.79. The number of carbonyl (C=O) groups is 1. The Balaban J connectivity index is 3.05. The van der Waals surface area contributed by atoms with Gasteiger partial charge in [0.2, 0.25) is 10.0 Å². The number of hydrogen-bond acceptors (Lipinski definition) is 4. The lowest BCUT2D eigenvalue weighted by Gasteiger charge is -2.11. The molecule has 0 fully saturated rings. The van der Waals surface area contributed by atoms with Gasteiger partial charge < -0.3 is 14.8 Å². The van der Waals surface area contributed by atoms with E-state index in [9.17, 15) is 13.2 Å². The second-order valence-corrected chi connectivity index (χ2v) is 5.90. The maximum absolute atomic E-state index is 12.0. The highest BCUT2D eigenvalue weighted by Gasteiger charge is 2.22. The molecular weight excluding hydrogens is 272 g/mol. The zero-order valence-electron chi connectivity index (χ0n) is 10.8. The Hall–Kier alpha value is -1.38. The largest absolute Gasteiger partial charge is 0.477 e. The molecule has 0 aliphatic carbocycles. The molecule has 1 aromatic heterocycles. The number of aromatic nitrogens is 1. The Labute approximate surface area is 111 Å². The van der Waals surface area contributed by atoms with Gasteiger partial charge in [-0.15, -0.1) is 0 Å². The second kappa shape index (κ2) is 6.18. The van der Waals surface area contributed by atoms with Crippen molar-refractivity contribution < 1.29 is 23.4 Å². The van der Waals surface area contributed by atoms with Crippen molar-refractivity contribution in [2.75, 3.05) is 6.61 Å². The third-order valence-corrected chi connectivity index (χ3v) is 4.22. The zero-order valence-corrected chi connectivity index (χ0v) is 11.6. The molecule has 1 atom stereocenters. The molecule has 19 heavy (non-hydrogen) atoms. The molecule has 108 valence electrons. The first-order chi connectivity index (χ1) is 8.81. The number of aliphatic hydroxyl groups is 1. The van der Waals surface area contributed by atoms with E-state index in [1.165, 1.54) is 10.8 Å². The molecule has 8 heteroatoms. The van der Waals surface area contributed by atoms with Crippen LogP contribution in [-0.4, -0.2) is 41.8 Å². The van der Waals surface area contributed by atoms with Gasteiger partial charge in [-0.2, -0.15) is 0 Å². The van der Waals surface area contributed by atoms with Crippen molar-refractivity contribution in [3.8, 4) is 0 Å². The van der Waals surface area contributed by atoms with E-state index in [0.717, 1.165) is 6.07 Å². The molecule has 0 saturated heterocycles. The molecule has 0 aromatic carbocycles. The summed E-state index contributed by atoms with van der Waals surface area (Å²) in [7, 11) is -3.77. The first-order valence-electron chi connectivity index (χ1n) is 5.88. The lowest BCUT2D eigenvalue weighted by atomic mass is 10.3. The van der Waals surface area contributed by atoms with Gasteiger partial charge in [-0.25, -0.2) is 17.9 Å². The summed E-state index contributed by atoms with van der Waals surface area (Å²) in [6.45, 7) is 3.59. The van der Waals surface area contributed by atoms with Crippen molar-refractivity contribution >= 4 is 16.0 Å². The van der Waals surface area contributed by atoms with Gasteiger partial charge in [-0.1, -0.05) is 0 Å². The molecule has 0 bridgehead atoms. The van der Waals surface area contributed by atoms with Crippen LogP contribution in [0.1, 0.15) is 30.8 Å². The summed E-state index contributed by atoms with van der Waals surface area (Å²) >= 11 is 0. The fourth-order valence-corrected chi connectivity index (χ4v) is 2.97. The fraction of sp³-hybridized carbons (Fsp3) is 0.545. The van der Waals surface area contributed by atoms with E-state index in [1.807, 2.05) is 0 Å². The van der Waals surface area contributed by atoms with Crippen LogP contribution in [0.15, 0.2) is 17.2 Å². The van der Waals surface area contributed by atoms with E-state index in [2.05, 4.69) is 4.72 Å². The number of sulfonamides is 1. The minimum atomic E-state index is -3.77. The van der Waals surface area contributed by atoms with Crippen LogP contribution >= 0.6 is 0 Å². The second-order valence-electron chi connectivity index (χ2n) is 4.19. The summed E-state index contributed by atoms with van der Waals surface area (Å²) in [6, 6.07) is 0.702. The summed E-state index contributed by atoms with van der Waals surface area (Å²) in [5.41, 5.74) is -0.0716. The fourth-order valence-electron chi connectivity index (χ4n) is 1.66. The highest BCUT2D eigenvalue weighted by atomic mass is 32.2. The number of aryl methyl sites for hydroxylation is 1. The van der Waals surface area contributed by atoms with Gasteiger partial charge in [-0.3, -0.25) is 0 Å². The Morgan fingerprint density at radius 1 is 1.53 bits per heavy atom. The monoisotopic (exact) mass is 290 g/mol. The van der Waals surface area contributed by atoms with Crippen LogP contribution in [0.25, 0.3) is 0 Å². The van der Waals surface area contributed by atoms with E-state index >= 15 is 0 Å². The highest BCUT2D eigenvalue weighted by Crippen LogP contribution is 2.15. The average molecular weight is 290 g/mol. The normalized spacial score (nSPS) is 13.4. The topological polar surface area (TPSA) is 109 Å². The number of aliphatic hydroxyl groups excluding tert-OH is 1. The third-order valence-electron chi connectivity index (χ3n) is 2.66. The molecule has 0 spiro atoms. The SMILES string of the molecule is CCn1cc(S(=O)(=O)NC(C)CCO)cc1C(=O)O. The van der Waals surface area contributed by atoms with Crippen molar-refractivity contribution in [2.24, 2.45) is 0 Å². The lowest BCUT2D eigenvalue weighted by Crippen LogP contribution is -2.33. The number of hydrogen-bond donors (Lipinski definition) is 3. The lowest BCUT2D eigenvalue weighted by molar-refractivity contribution is 0.0685. The highest BCUT2D eigenvalue weighted by molar-refractivity contribution is 7.89. The molecule has 1 rings (SSSR count). The number of nitrogens with zero attached hydrogens (tertiary/aromatic N) is 1. The van der Waals surface area contributed by atoms with Gasteiger partial charge in [0, 0.05) is 25.4 Å². The molecule has 1 heterocycles. The molecule has 3 N–H and O–H groups in total. The van der Waals surface area contributed by atoms with E-state index in [-0.39, 0.29) is 17.2 Å². The number of aromatic carboxylic acids is 1. The number of nitrogens with one attached hydrogen (secondary N) is 1. The van der Waals surface area contributed by atoms with Gasteiger partial charge >= 0.3 is 5.97 Å². The predicted octanol–water partition coefficient (Wildman–Crippen LogP) is 0.255. The van der Waals surface area contributed by atoms with Crippen molar-refractivity contribution in [1.29, 1.82) is 0 Å². The van der Waals surface area contributed by atoms with E-state index < -0.39 is 22.0 Å². The van der Waals surface area contributed by atoms with Crippen molar-refractivity contribution in [3.63, 3.8) is 0 Å². The van der Waals surface area contributed by atoms with Crippen LogP contribution in [0.5, 0.6) is 0 Å². The average Bonchev–Trinajstić information content (AvgIpc) is 2.73. The summed E-state index contributed by atoms with van der Waals surface area (Å²) in [4.78, 5) is 10.9. The summed E-state index contributed by atoms with van der Waals surface area (Å²) < 4.78 is 27.8. The van der Waals surface area contributed by atoms with Crippen LogP contribution < -0.4 is 4.72 Å². The van der Waals surface area contributed by atoms with Crippen LogP contribution in [0.4, 0.5) is 0 Å². The Kier molecular flexibility index (Phi) is 5.10. The van der Waals surface area contributed by atoms with Crippen LogP contribution in [0.3, 0.4) is 0 Å². The molecular formula is C11H18N2O5S. The van der Waals surface area contributed by atoms with E-state index in [4.69, 9.17) is 10.2 Å². The molecule has 7 nitrogen and oxygen atoms in total. The molecule has 0 radical (unpaired) electrons. The van der Waals surface area contributed by atoms with Crippen molar-refractivity contribution in [2.45, 2.75) is 37.8 Å². The van der Waals surface area contributed by atoms with E-state index in [1.54, 1.807) is 13.8 Å². The summed E-state index contributed by atoms with van der Waals surface area (Å²) in [6.07, 6.45) is 1.58. The van der Waals surface area contributed by atoms with Gasteiger partial charge in [0.05, 0.1) is 0 Å². The number of carboxylic acids is 1. The van der Waals surface area contributed by atoms with Crippen molar-refractivity contribution in [3.05, 3.63) is 18.0 Å². The Morgan fingerprint density at radius 2 is 2.16 bits per heavy atom. The van der Waals surface area contributed by atoms with Gasteiger partial charge in [0.25, 0.3) is 0 Å². The standard InChI is InChI=1S/C11H18N2O5S/c1-3-13-7-9(6-10(13)11(15)16)19(17,18)12-8(2)4-5-14/h6-8,12,14H,3-5H2,1-2H3,(H,15,16). The first kappa shape index (κ1) is 15.7. The molecule has 1 aromatic rings. The maximum atomic E-state index is 12.0. The Morgan fingerprint density at radius 3 is 2.58 bits per heavy atom. The molecule has 0 aliphatic heterocycles. The van der Waals surface area contributed by atoms with Crippen molar-refractivity contribution in [1.82, 2.24) is 9.29 Å². The van der Waals surface area contributed by atoms with Crippen LogP contribution in [0, 0.1) is 0 Å². The molecule has 0 aliphatic rings. The molecule has 0 amide bonds. The predicted molar refractivity (Wildman–Crippen MR) is 68.6 cm³/mol. The Bertz CT molecular complexity index is 549. The van der Waals surface area contributed by atoms with Gasteiger partial charge in [-0.05, 0) is 26.3 Å². The van der Waals surface area contributed by atoms with Gasteiger partial charge in [0.1, 0.15) is 10.6 Å². The number of rotatable bonds is 7. The van der Waals surface area contributed by atoms with E-state index in [0.29, 0.717) is 13.0 Å².